The lowest BCUT2D eigenvalue weighted by Crippen LogP contribution is -2.54. The fourth-order valence-corrected chi connectivity index (χ4v) is 3.88. The van der Waals surface area contributed by atoms with E-state index in [2.05, 4.69) is 27.9 Å². The number of anilines is 1. The number of ether oxygens (including phenoxy) is 2. The van der Waals surface area contributed by atoms with E-state index in [0.717, 1.165) is 14.0 Å². The molecule has 9 heteroatoms. The predicted octanol–water partition coefficient (Wildman–Crippen LogP) is 4.72. The minimum atomic E-state index is -0.833. The average Bonchev–Trinajstić information content (AvgIpc) is 2.69. The molecule has 0 radical (unpaired) electrons. The van der Waals surface area contributed by atoms with Gasteiger partial charge in [0.05, 0.1) is 22.5 Å². The Balaban J connectivity index is 2.03. The van der Waals surface area contributed by atoms with Crippen molar-refractivity contribution < 1.29 is 23.9 Å². The molecule has 1 fully saturated rings. The van der Waals surface area contributed by atoms with Crippen LogP contribution in [0.5, 0.6) is 11.5 Å². The van der Waals surface area contributed by atoms with Gasteiger partial charge in [0.25, 0.3) is 11.8 Å². The maximum atomic E-state index is 13.1. The van der Waals surface area contributed by atoms with Gasteiger partial charge in [-0.25, -0.2) is 9.69 Å². The van der Waals surface area contributed by atoms with Crippen molar-refractivity contribution in [1.82, 2.24) is 5.32 Å². The molecule has 2 aromatic rings. The smallest absolute Gasteiger partial charge is 0.335 e. The maximum Gasteiger partial charge on any atom is 0.335 e. The minimum absolute atomic E-state index is 0.0572. The number of methoxy groups -OCH3 is 1. The maximum absolute atomic E-state index is 13.1. The summed E-state index contributed by atoms with van der Waals surface area (Å²) in [7, 11) is 1.51. The van der Waals surface area contributed by atoms with Crippen LogP contribution in [0.4, 0.5) is 10.5 Å². The van der Waals surface area contributed by atoms with E-state index in [0.29, 0.717) is 22.1 Å². The molecule has 1 aliphatic heterocycles. The van der Waals surface area contributed by atoms with Gasteiger partial charge in [-0.15, -0.1) is 0 Å². The fourth-order valence-electron chi connectivity index (χ4n) is 2.95. The highest BCUT2D eigenvalue weighted by Crippen LogP contribution is 2.36. The number of hydrogen-bond donors (Lipinski definition) is 1. The SMILES string of the molecule is COc1cc(/C=C2\C(=O)NC(=O)N(c3ccc(C)c(Cl)c3)C2=O)cc(I)c1OC(C)C. The highest BCUT2D eigenvalue weighted by molar-refractivity contribution is 14.1. The zero-order valence-electron chi connectivity index (χ0n) is 17.3. The van der Waals surface area contributed by atoms with Crippen molar-refractivity contribution in [1.29, 1.82) is 0 Å². The summed E-state index contributed by atoms with van der Waals surface area (Å²) in [4.78, 5) is 38.8. The van der Waals surface area contributed by atoms with Crippen molar-refractivity contribution in [2.75, 3.05) is 12.0 Å². The van der Waals surface area contributed by atoms with Crippen molar-refractivity contribution in [3.8, 4) is 11.5 Å². The summed E-state index contributed by atoms with van der Waals surface area (Å²) in [5.74, 6) is -0.480. The van der Waals surface area contributed by atoms with Gasteiger partial charge in [0.1, 0.15) is 5.57 Å². The summed E-state index contributed by atoms with van der Waals surface area (Å²) in [5.41, 5.74) is 1.43. The Morgan fingerprint density at radius 1 is 1.16 bits per heavy atom. The molecule has 31 heavy (non-hydrogen) atoms. The van der Waals surface area contributed by atoms with Gasteiger partial charge in [0, 0.05) is 5.02 Å². The first-order valence-electron chi connectivity index (χ1n) is 9.34. The minimum Gasteiger partial charge on any atom is -0.493 e. The van der Waals surface area contributed by atoms with E-state index in [1.54, 1.807) is 31.2 Å². The lowest BCUT2D eigenvalue weighted by molar-refractivity contribution is -0.122. The van der Waals surface area contributed by atoms with Crippen LogP contribution in [0.15, 0.2) is 35.9 Å². The normalized spacial score (nSPS) is 15.5. The number of rotatable bonds is 5. The molecule has 1 N–H and O–H groups in total. The zero-order valence-corrected chi connectivity index (χ0v) is 20.2. The third-order valence-electron chi connectivity index (χ3n) is 4.43. The van der Waals surface area contributed by atoms with Gasteiger partial charge >= 0.3 is 6.03 Å². The van der Waals surface area contributed by atoms with E-state index in [9.17, 15) is 14.4 Å². The topological polar surface area (TPSA) is 84.9 Å². The molecule has 162 valence electrons. The molecule has 0 bridgehead atoms. The zero-order chi connectivity index (χ0) is 22.9. The standard InChI is InChI=1S/C22H20ClIN2O5/c1-11(2)31-19-17(24)8-13(9-18(19)30-4)7-15-20(27)25-22(29)26(21(15)28)14-6-5-12(3)16(23)10-14/h5-11H,1-4H3,(H,25,27,29)/b15-7+. The molecular formula is C22H20ClIN2O5. The van der Waals surface area contributed by atoms with Gasteiger partial charge in [0.15, 0.2) is 11.5 Å². The second-order valence-electron chi connectivity index (χ2n) is 7.09. The summed E-state index contributed by atoms with van der Waals surface area (Å²) < 4.78 is 12.0. The van der Waals surface area contributed by atoms with Crippen molar-refractivity contribution in [3.05, 3.63) is 55.6 Å². The van der Waals surface area contributed by atoms with Crippen LogP contribution in [0.2, 0.25) is 5.02 Å². The summed E-state index contributed by atoms with van der Waals surface area (Å²) in [5, 5.41) is 2.60. The Bertz CT molecular complexity index is 1110. The number of nitrogens with one attached hydrogen (secondary N) is 1. The van der Waals surface area contributed by atoms with Crippen LogP contribution >= 0.6 is 34.2 Å². The number of barbiturate groups is 1. The second-order valence-corrected chi connectivity index (χ2v) is 8.66. The molecule has 0 saturated carbocycles. The molecule has 0 atom stereocenters. The Hall–Kier alpha value is -2.59. The second kappa shape index (κ2) is 9.27. The van der Waals surface area contributed by atoms with Gasteiger partial charge < -0.3 is 9.47 Å². The Labute approximate surface area is 198 Å². The van der Waals surface area contributed by atoms with Crippen LogP contribution in [0, 0.1) is 10.5 Å². The number of halogens is 2. The quantitative estimate of drug-likeness (QED) is 0.329. The first-order valence-corrected chi connectivity index (χ1v) is 10.8. The van der Waals surface area contributed by atoms with Crippen LogP contribution in [-0.2, 0) is 9.59 Å². The molecule has 1 saturated heterocycles. The number of hydrogen-bond acceptors (Lipinski definition) is 5. The van der Waals surface area contributed by atoms with Crippen LogP contribution in [0.3, 0.4) is 0 Å². The van der Waals surface area contributed by atoms with Gasteiger partial charge in [-0.1, -0.05) is 17.7 Å². The van der Waals surface area contributed by atoms with E-state index in [-0.39, 0.29) is 17.4 Å². The number of imide groups is 2. The van der Waals surface area contributed by atoms with Gasteiger partial charge in [-0.3, -0.25) is 14.9 Å². The van der Waals surface area contributed by atoms with E-state index in [1.165, 1.54) is 19.3 Å². The number of carbonyl (C=O) groups excluding carboxylic acids is 3. The molecule has 2 aromatic carbocycles. The molecule has 0 aliphatic carbocycles. The molecule has 0 aromatic heterocycles. The van der Waals surface area contributed by atoms with Crippen LogP contribution < -0.4 is 19.7 Å². The largest absolute Gasteiger partial charge is 0.493 e. The highest BCUT2D eigenvalue weighted by atomic mass is 127. The monoisotopic (exact) mass is 554 g/mol. The molecule has 3 rings (SSSR count). The van der Waals surface area contributed by atoms with Gasteiger partial charge in [-0.05, 0) is 84.8 Å². The number of aryl methyl sites for hydroxylation is 1. The predicted molar refractivity (Wildman–Crippen MR) is 127 cm³/mol. The molecule has 0 spiro atoms. The number of urea groups is 1. The summed E-state index contributed by atoms with van der Waals surface area (Å²) in [6.45, 7) is 5.61. The molecular weight excluding hydrogens is 535 g/mol. The molecule has 0 unspecified atom stereocenters. The van der Waals surface area contributed by atoms with Crippen molar-refractivity contribution >= 4 is 63.8 Å². The number of benzene rings is 2. The van der Waals surface area contributed by atoms with Crippen molar-refractivity contribution in [2.45, 2.75) is 26.9 Å². The van der Waals surface area contributed by atoms with E-state index < -0.39 is 17.8 Å². The van der Waals surface area contributed by atoms with E-state index >= 15 is 0 Å². The Morgan fingerprint density at radius 2 is 1.87 bits per heavy atom. The number of amides is 4. The van der Waals surface area contributed by atoms with E-state index in [4.69, 9.17) is 21.1 Å². The Morgan fingerprint density at radius 3 is 2.48 bits per heavy atom. The lowest BCUT2D eigenvalue weighted by atomic mass is 10.1. The molecule has 4 amide bonds. The molecule has 1 aliphatic rings. The van der Waals surface area contributed by atoms with Gasteiger partial charge in [-0.2, -0.15) is 0 Å². The first-order chi connectivity index (χ1) is 14.6. The average molecular weight is 555 g/mol. The van der Waals surface area contributed by atoms with Crippen molar-refractivity contribution in [2.24, 2.45) is 0 Å². The third-order valence-corrected chi connectivity index (χ3v) is 5.64. The third kappa shape index (κ3) is 4.85. The van der Waals surface area contributed by atoms with Crippen LogP contribution in [0.1, 0.15) is 25.0 Å². The number of nitrogens with zero attached hydrogens (tertiary/aromatic N) is 1. The molecule has 7 nitrogen and oxygen atoms in total. The number of carbonyl (C=O) groups is 3. The van der Waals surface area contributed by atoms with Crippen LogP contribution in [0.25, 0.3) is 6.08 Å². The van der Waals surface area contributed by atoms with Gasteiger partial charge in [0.2, 0.25) is 0 Å². The fraction of sp³-hybridized carbons (Fsp3) is 0.227. The van der Waals surface area contributed by atoms with Crippen LogP contribution in [-0.4, -0.2) is 31.1 Å². The molecule has 1 heterocycles. The Kier molecular flexibility index (Phi) is 6.90. The first kappa shape index (κ1) is 23.1. The summed E-state index contributed by atoms with van der Waals surface area (Å²) >= 11 is 8.24. The summed E-state index contributed by atoms with van der Waals surface area (Å²) in [6.07, 6.45) is 1.36. The highest BCUT2D eigenvalue weighted by Gasteiger charge is 2.37. The lowest BCUT2D eigenvalue weighted by Gasteiger charge is -2.26. The summed E-state index contributed by atoms with van der Waals surface area (Å²) in [6, 6.07) is 7.38. The van der Waals surface area contributed by atoms with Crippen molar-refractivity contribution in [3.63, 3.8) is 0 Å². The van der Waals surface area contributed by atoms with E-state index in [1.807, 2.05) is 13.8 Å².